The Morgan fingerprint density at radius 2 is 1.88 bits per heavy atom. The second kappa shape index (κ2) is 5.38. The minimum absolute atomic E-state index is 0.110. The van der Waals surface area contributed by atoms with E-state index in [1.165, 1.54) is 7.11 Å². The monoisotopic (exact) mass is 347 g/mol. The molecule has 4 saturated carbocycles. The maximum absolute atomic E-state index is 12.5. The van der Waals surface area contributed by atoms with Gasteiger partial charge in [0, 0.05) is 30.1 Å². The number of fused-ring (bicyclic) bond motifs is 5. The summed E-state index contributed by atoms with van der Waals surface area (Å²) >= 11 is 0. The average Bonchev–Trinajstić information content (AvgIpc) is 2.86. The number of ketones is 2. The van der Waals surface area contributed by atoms with E-state index in [0.29, 0.717) is 54.9 Å². The van der Waals surface area contributed by atoms with Crippen molar-refractivity contribution < 1.29 is 19.5 Å². The molecule has 0 amide bonds. The standard InChI is InChI=1S/C20H29NO4/c1-18-8-7-15-13(14(18)4-5-17(18)23)10-16(21-25-3)20(24)11-12(22)6-9-19(15,20)2/h13-15,24H,4-11H2,1-3H3/b21-16-/t13-,14-,15+,18-,19+,20?/m0/s1. The molecule has 5 nitrogen and oxygen atoms in total. The van der Waals surface area contributed by atoms with E-state index in [9.17, 15) is 14.7 Å². The van der Waals surface area contributed by atoms with Gasteiger partial charge in [-0.2, -0.15) is 0 Å². The lowest BCUT2D eigenvalue weighted by Gasteiger charge is -2.62. The van der Waals surface area contributed by atoms with Gasteiger partial charge >= 0.3 is 0 Å². The molecule has 0 radical (unpaired) electrons. The SMILES string of the molecule is CO/N=C1/C[C@@H]2[C@@H](CC[C@]3(C)C(=O)CC[C@@H]23)[C@@]2(C)CCC(=O)CC12O. The lowest BCUT2D eigenvalue weighted by molar-refractivity contribution is -0.162. The summed E-state index contributed by atoms with van der Waals surface area (Å²) in [4.78, 5) is 29.7. The Kier molecular flexibility index (Phi) is 3.70. The van der Waals surface area contributed by atoms with Crippen molar-refractivity contribution in [2.45, 2.75) is 70.8 Å². The van der Waals surface area contributed by atoms with Gasteiger partial charge in [0.15, 0.2) is 0 Å². The van der Waals surface area contributed by atoms with Crippen molar-refractivity contribution in [2.24, 2.45) is 33.7 Å². The highest BCUT2D eigenvalue weighted by atomic mass is 16.6. The summed E-state index contributed by atoms with van der Waals surface area (Å²) in [5.41, 5.74) is -1.16. The Bertz CT molecular complexity index is 658. The van der Waals surface area contributed by atoms with Crippen LogP contribution in [0.1, 0.15) is 65.2 Å². The van der Waals surface area contributed by atoms with E-state index in [4.69, 9.17) is 4.84 Å². The number of nitrogens with zero attached hydrogens (tertiary/aromatic N) is 1. The van der Waals surface area contributed by atoms with Crippen LogP contribution in [0, 0.1) is 28.6 Å². The van der Waals surface area contributed by atoms with E-state index in [2.05, 4.69) is 19.0 Å². The van der Waals surface area contributed by atoms with Crippen LogP contribution in [-0.4, -0.2) is 35.1 Å². The smallest absolute Gasteiger partial charge is 0.139 e. The van der Waals surface area contributed by atoms with Crippen LogP contribution >= 0.6 is 0 Å². The van der Waals surface area contributed by atoms with Crippen LogP contribution < -0.4 is 0 Å². The largest absolute Gasteiger partial charge is 0.399 e. The first kappa shape index (κ1) is 17.2. The van der Waals surface area contributed by atoms with E-state index >= 15 is 0 Å². The Balaban J connectivity index is 1.79. The third-order valence-corrected chi connectivity index (χ3v) is 8.39. The third-order valence-electron chi connectivity index (χ3n) is 8.39. The predicted octanol–water partition coefficient (Wildman–Crippen LogP) is 2.89. The number of Topliss-reactive ketones (excluding diaryl/α,β-unsaturated/α-hetero) is 2. The number of carbonyl (C=O) groups excluding carboxylic acids is 2. The Morgan fingerprint density at radius 1 is 1.12 bits per heavy atom. The highest BCUT2D eigenvalue weighted by Crippen LogP contribution is 2.65. The zero-order chi connectivity index (χ0) is 18.0. The molecule has 1 N–H and O–H groups in total. The fourth-order valence-electron chi connectivity index (χ4n) is 6.85. The molecule has 138 valence electrons. The van der Waals surface area contributed by atoms with Gasteiger partial charge in [-0.15, -0.1) is 0 Å². The average molecular weight is 347 g/mol. The van der Waals surface area contributed by atoms with Gasteiger partial charge < -0.3 is 9.94 Å². The molecule has 0 spiro atoms. The van der Waals surface area contributed by atoms with E-state index in [1.807, 2.05) is 0 Å². The Labute approximate surface area is 149 Å². The maximum Gasteiger partial charge on any atom is 0.139 e. The Morgan fingerprint density at radius 3 is 2.60 bits per heavy atom. The van der Waals surface area contributed by atoms with E-state index in [1.54, 1.807) is 0 Å². The second-order valence-electron chi connectivity index (χ2n) is 9.21. The van der Waals surface area contributed by atoms with Crippen molar-refractivity contribution in [1.82, 2.24) is 0 Å². The number of hydrogen-bond donors (Lipinski definition) is 1. The van der Waals surface area contributed by atoms with Gasteiger partial charge in [0.1, 0.15) is 24.3 Å². The van der Waals surface area contributed by atoms with E-state index < -0.39 is 5.60 Å². The van der Waals surface area contributed by atoms with Crippen molar-refractivity contribution >= 4 is 17.3 Å². The molecule has 4 aliphatic rings. The van der Waals surface area contributed by atoms with Gasteiger partial charge in [0.05, 0.1) is 5.71 Å². The van der Waals surface area contributed by atoms with Gasteiger partial charge in [-0.3, -0.25) is 9.59 Å². The lowest BCUT2D eigenvalue weighted by Crippen LogP contribution is -2.66. The van der Waals surface area contributed by atoms with Crippen molar-refractivity contribution in [3.8, 4) is 0 Å². The van der Waals surface area contributed by atoms with Crippen LogP contribution in [-0.2, 0) is 14.4 Å². The third kappa shape index (κ3) is 2.08. The molecule has 4 aliphatic carbocycles. The molecule has 25 heavy (non-hydrogen) atoms. The molecule has 0 aromatic rings. The van der Waals surface area contributed by atoms with Crippen molar-refractivity contribution in [3.63, 3.8) is 0 Å². The second-order valence-corrected chi connectivity index (χ2v) is 9.21. The summed E-state index contributed by atoms with van der Waals surface area (Å²) in [6, 6.07) is 0. The molecular weight excluding hydrogens is 318 g/mol. The summed E-state index contributed by atoms with van der Waals surface area (Å²) in [5, 5.41) is 15.8. The minimum Gasteiger partial charge on any atom is -0.399 e. The van der Waals surface area contributed by atoms with Crippen LogP contribution in [0.25, 0.3) is 0 Å². The summed E-state index contributed by atoms with van der Waals surface area (Å²) in [6.07, 6.45) is 5.52. The highest BCUT2D eigenvalue weighted by Gasteiger charge is 2.67. The van der Waals surface area contributed by atoms with Crippen molar-refractivity contribution in [1.29, 1.82) is 0 Å². The lowest BCUT2D eigenvalue weighted by atomic mass is 9.43. The molecule has 0 bridgehead atoms. The molecule has 5 heteroatoms. The van der Waals surface area contributed by atoms with Gasteiger partial charge in [0.25, 0.3) is 0 Å². The number of carbonyl (C=O) groups is 2. The van der Waals surface area contributed by atoms with Crippen LogP contribution in [0.3, 0.4) is 0 Å². The molecule has 0 aromatic carbocycles. The number of aliphatic hydroxyl groups is 1. The summed E-state index contributed by atoms with van der Waals surface area (Å²) < 4.78 is 0. The van der Waals surface area contributed by atoms with Gasteiger partial charge in [-0.25, -0.2) is 0 Å². The molecule has 0 aliphatic heterocycles. The number of oxime groups is 1. The predicted molar refractivity (Wildman–Crippen MR) is 93.0 cm³/mol. The molecule has 6 atom stereocenters. The normalized spacial score (nSPS) is 51.0. The van der Waals surface area contributed by atoms with E-state index in [-0.39, 0.29) is 23.0 Å². The molecular formula is C20H29NO4. The van der Waals surface area contributed by atoms with Crippen LogP contribution in [0.4, 0.5) is 0 Å². The first-order valence-corrected chi connectivity index (χ1v) is 9.64. The van der Waals surface area contributed by atoms with Gasteiger partial charge in [-0.05, 0) is 49.9 Å². The molecule has 1 unspecified atom stereocenters. The number of hydrogen-bond acceptors (Lipinski definition) is 5. The van der Waals surface area contributed by atoms with E-state index in [0.717, 1.165) is 19.3 Å². The fourth-order valence-corrected chi connectivity index (χ4v) is 6.85. The maximum atomic E-state index is 12.5. The first-order valence-electron chi connectivity index (χ1n) is 9.64. The summed E-state index contributed by atoms with van der Waals surface area (Å²) in [5.74, 6) is 1.56. The fraction of sp³-hybridized carbons (Fsp3) is 0.850. The molecule has 0 heterocycles. The highest BCUT2D eigenvalue weighted by molar-refractivity contribution is 5.99. The Hall–Kier alpha value is -1.23. The molecule has 4 rings (SSSR count). The summed E-state index contributed by atoms with van der Waals surface area (Å²) in [6.45, 7) is 4.28. The van der Waals surface area contributed by atoms with Crippen molar-refractivity contribution in [2.75, 3.05) is 7.11 Å². The molecule has 0 aromatic heterocycles. The number of rotatable bonds is 1. The van der Waals surface area contributed by atoms with Crippen LogP contribution in [0.15, 0.2) is 5.16 Å². The minimum atomic E-state index is -1.20. The first-order chi connectivity index (χ1) is 11.8. The van der Waals surface area contributed by atoms with Crippen LogP contribution in [0.5, 0.6) is 0 Å². The van der Waals surface area contributed by atoms with Gasteiger partial charge in [-0.1, -0.05) is 19.0 Å². The molecule has 4 fully saturated rings. The summed E-state index contributed by atoms with van der Waals surface area (Å²) in [7, 11) is 1.49. The zero-order valence-electron chi connectivity index (χ0n) is 15.5. The van der Waals surface area contributed by atoms with Crippen molar-refractivity contribution in [3.05, 3.63) is 0 Å². The van der Waals surface area contributed by atoms with Gasteiger partial charge in [0.2, 0.25) is 0 Å². The molecule has 0 saturated heterocycles. The topological polar surface area (TPSA) is 76.0 Å². The quantitative estimate of drug-likeness (QED) is 0.740. The van der Waals surface area contributed by atoms with Crippen LogP contribution in [0.2, 0.25) is 0 Å². The zero-order valence-corrected chi connectivity index (χ0v) is 15.5.